The number of aryl methyl sites for hydroxylation is 1. The Balaban J connectivity index is 1.89. The maximum absolute atomic E-state index is 13.4. The van der Waals surface area contributed by atoms with E-state index in [9.17, 15) is 14.2 Å². The summed E-state index contributed by atoms with van der Waals surface area (Å²) in [6.45, 7) is 1.36. The summed E-state index contributed by atoms with van der Waals surface area (Å²) >= 11 is 0. The fourth-order valence-electron chi connectivity index (χ4n) is 4.56. The number of nitrogens with zero attached hydrogens (tertiary/aromatic N) is 1. The molecule has 3 aromatic rings. The number of hydrogen-bond donors (Lipinski definition) is 0. The molecular weight excluding hydrogens is 473 g/mol. The van der Waals surface area contributed by atoms with Gasteiger partial charge in [0, 0.05) is 19.7 Å². The van der Waals surface area contributed by atoms with Gasteiger partial charge in [-0.2, -0.15) is 0 Å². The molecular formula is C29H34NO5P. The van der Waals surface area contributed by atoms with Gasteiger partial charge < -0.3 is 9.26 Å². The highest BCUT2D eigenvalue weighted by atomic mass is 31.1. The van der Waals surface area contributed by atoms with Crippen LogP contribution in [0.15, 0.2) is 84.9 Å². The average molecular weight is 508 g/mol. The molecule has 3 aromatic carbocycles. The lowest BCUT2D eigenvalue weighted by Gasteiger charge is -2.40. The Labute approximate surface area is 214 Å². The number of esters is 1. The van der Waals surface area contributed by atoms with Crippen LogP contribution in [0.3, 0.4) is 0 Å². The van der Waals surface area contributed by atoms with Crippen LogP contribution in [0.1, 0.15) is 38.2 Å². The largest absolute Gasteiger partial charge is 0.467 e. The number of carbonyl (C=O) groups is 2. The molecule has 0 spiro atoms. The molecule has 3 rings (SSSR count). The van der Waals surface area contributed by atoms with Crippen LogP contribution in [0, 0.1) is 0 Å². The maximum Gasteiger partial charge on any atom is 0.342 e. The third-order valence-corrected chi connectivity index (χ3v) is 8.05. The molecule has 0 aliphatic carbocycles. The number of amides is 1. The van der Waals surface area contributed by atoms with Crippen molar-refractivity contribution in [1.82, 2.24) is 0 Å². The minimum absolute atomic E-state index is 0.167. The van der Waals surface area contributed by atoms with Crippen LogP contribution in [-0.4, -0.2) is 31.4 Å². The van der Waals surface area contributed by atoms with Crippen molar-refractivity contribution in [2.75, 3.05) is 19.1 Å². The molecule has 0 aliphatic heterocycles. The zero-order chi connectivity index (χ0) is 26.0. The van der Waals surface area contributed by atoms with E-state index in [1.54, 1.807) is 12.1 Å². The van der Waals surface area contributed by atoms with Crippen molar-refractivity contribution in [1.29, 1.82) is 0 Å². The van der Waals surface area contributed by atoms with Gasteiger partial charge >= 0.3 is 5.97 Å². The predicted molar refractivity (Wildman–Crippen MR) is 144 cm³/mol. The monoisotopic (exact) mass is 507 g/mol. The molecule has 0 radical (unpaired) electrons. The lowest BCUT2D eigenvalue weighted by atomic mass is 10.0. The minimum atomic E-state index is -3.05. The smallest absolute Gasteiger partial charge is 0.342 e. The van der Waals surface area contributed by atoms with E-state index in [0.717, 1.165) is 30.4 Å². The van der Waals surface area contributed by atoms with Crippen molar-refractivity contribution in [2.24, 2.45) is 0 Å². The quantitative estimate of drug-likeness (QED) is 0.159. The fraction of sp³-hybridized carbons (Fsp3) is 0.310. The van der Waals surface area contributed by atoms with E-state index in [1.807, 2.05) is 60.7 Å². The third kappa shape index (κ3) is 6.31. The maximum atomic E-state index is 13.4. The van der Waals surface area contributed by atoms with Gasteiger partial charge in [0.15, 0.2) is 0 Å². The van der Waals surface area contributed by atoms with E-state index in [-0.39, 0.29) is 6.42 Å². The first-order chi connectivity index (χ1) is 17.4. The molecule has 1 unspecified atom stereocenters. The van der Waals surface area contributed by atoms with Crippen LogP contribution >= 0.6 is 8.03 Å². The summed E-state index contributed by atoms with van der Waals surface area (Å²) in [4.78, 5) is 27.6. The van der Waals surface area contributed by atoms with Gasteiger partial charge in [0.05, 0.1) is 7.11 Å². The normalized spacial score (nSPS) is 13.4. The van der Waals surface area contributed by atoms with Gasteiger partial charge in [-0.25, -0.2) is 4.79 Å². The molecule has 7 heteroatoms. The van der Waals surface area contributed by atoms with Gasteiger partial charge in [0.1, 0.15) is 0 Å². The summed E-state index contributed by atoms with van der Waals surface area (Å²) in [5.74, 6) is -1.15. The Bertz CT molecular complexity index is 1130. The van der Waals surface area contributed by atoms with Crippen molar-refractivity contribution in [3.05, 3.63) is 90.5 Å². The highest BCUT2D eigenvalue weighted by molar-refractivity contribution is 7.42. The second kappa shape index (κ2) is 13.2. The molecule has 1 amide bonds. The van der Waals surface area contributed by atoms with E-state index in [1.165, 1.54) is 31.6 Å². The number of methoxy groups -OCH3 is 1. The van der Waals surface area contributed by atoms with Crippen LogP contribution in [0.5, 0.6) is 0 Å². The molecule has 36 heavy (non-hydrogen) atoms. The van der Waals surface area contributed by atoms with Crippen molar-refractivity contribution < 1.29 is 23.4 Å². The Kier molecular flexibility index (Phi) is 10.0. The van der Waals surface area contributed by atoms with Crippen LogP contribution < -0.4 is 4.90 Å². The Hall–Kier alpha value is -3.21. The molecule has 0 bridgehead atoms. The second-order valence-corrected chi connectivity index (χ2v) is 10.5. The number of rotatable bonds is 12. The van der Waals surface area contributed by atoms with Gasteiger partial charge in [-0.15, -0.1) is 0 Å². The lowest BCUT2D eigenvalue weighted by Crippen LogP contribution is -2.55. The highest BCUT2D eigenvalue weighted by Crippen LogP contribution is 2.49. The summed E-state index contributed by atoms with van der Waals surface area (Å²) in [7, 11) is -0.507. The third-order valence-electron chi connectivity index (χ3n) is 6.32. The summed E-state index contributed by atoms with van der Waals surface area (Å²) in [6, 6.07) is 27.3. The lowest BCUT2D eigenvalue weighted by molar-refractivity contribution is -0.145. The molecule has 0 saturated heterocycles. The molecule has 0 heterocycles. The van der Waals surface area contributed by atoms with Crippen molar-refractivity contribution >= 4 is 25.6 Å². The van der Waals surface area contributed by atoms with Gasteiger partial charge in [-0.05, 0) is 54.5 Å². The number of carbonyl (C=O) groups excluding carboxylic acids is 2. The molecule has 2 atom stereocenters. The number of unbranched alkanes of at least 4 members (excludes halogenated alkanes) is 2. The molecule has 6 nitrogen and oxygen atoms in total. The van der Waals surface area contributed by atoms with Crippen molar-refractivity contribution in [3.63, 3.8) is 0 Å². The van der Waals surface area contributed by atoms with Gasteiger partial charge in [-0.3, -0.25) is 14.3 Å². The molecule has 0 aromatic heterocycles. The molecule has 0 fully saturated rings. The zero-order valence-corrected chi connectivity index (χ0v) is 22.1. The summed E-state index contributed by atoms with van der Waals surface area (Å²) in [6.07, 6.45) is 3.35. The van der Waals surface area contributed by atoms with Gasteiger partial charge in [0.25, 0.3) is 0 Å². The average Bonchev–Trinajstić information content (AvgIpc) is 2.92. The first kappa shape index (κ1) is 27.4. The molecule has 0 aliphatic rings. The first-order valence-corrected chi connectivity index (χ1v) is 13.4. The number of benzene rings is 3. The number of anilines is 1. The van der Waals surface area contributed by atoms with E-state index in [4.69, 9.17) is 9.26 Å². The summed E-state index contributed by atoms with van der Waals surface area (Å²) in [5, 5.41) is -1.74. The number of hydrogen-bond acceptors (Lipinski definition) is 5. The topological polar surface area (TPSA) is 72.9 Å². The standard InChI is InChI=1S/C29H34NO5P/c1-23(31)30(27-20-18-26(19-21-27)25-16-10-5-11-17-25)29(28(32)34-2,36(33)35-3)22-12-6-9-15-24-13-7-4-8-14-24/h4-5,7-8,10-11,13-14,16-21,36H,6,9,12,15,22H2,1-3H3/t29-/m1/s1. The predicted octanol–water partition coefficient (Wildman–Crippen LogP) is 6.50. The minimum Gasteiger partial charge on any atom is -0.467 e. The van der Waals surface area contributed by atoms with Gasteiger partial charge in [0.2, 0.25) is 19.2 Å². The SMILES string of the molecule is COC(=O)[C@](CCCCCc1ccccc1)(N(C(C)=O)c1ccc(-c2ccccc2)cc1)[PH](=O)OC. The summed E-state index contributed by atoms with van der Waals surface area (Å²) < 4.78 is 23.8. The van der Waals surface area contributed by atoms with Crippen molar-refractivity contribution in [3.8, 4) is 11.1 Å². The van der Waals surface area contributed by atoms with Crippen LogP contribution in [0.25, 0.3) is 11.1 Å². The van der Waals surface area contributed by atoms with E-state index < -0.39 is 25.2 Å². The van der Waals surface area contributed by atoms with Gasteiger partial charge in [-0.1, -0.05) is 79.2 Å². The van der Waals surface area contributed by atoms with E-state index in [0.29, 0.717) is 12.1 Å². The summed E-state index contributed by atoms with van der Waals surface area (Å²) in [5.41, 5.74) is 3.70. The molecule has 0 N–H and O–H groups in total. The van der Waals surface area contributed by atoms with Crippen molar-refractivity contribution in [2.45, 2.75) is 44.3 Å². The highest BCUT2D eigenvalue weighted by Gasteiger charge is 2.52. The number of ether oxygens (including phenoxy) is 1. The molecule has 0 saturated carbocycles. The van der Waals surface area contributed by atoms with Crippen LogP contribution in [0.2, 0.25) is 0 Å². The molecule has 190 valence electrons. The fourth-order valence-corrected chi connectivity index (χ4v) is 6.01. The van der Waals surface area contributed by atoms with Crippen LogP contribution in [-0.2, 0) is 29.8 Å². The Morgan fingerprint density at radius 2 is 1.39 bits per heavy atom. The Morgan fingerprint density at radius 1 is 0.806 bits per heavy atom. The zero-order valence-electron chi connectivity index (χ0n) is 21.1. The van der Waals surface area contributed by atoms with E-state index >= 15 is 0 Å². The van der Waals surface area contributed by atoms with Crippen LogP contribution in [0.4, 0.5) is 5.69 Å². The first-order valence-electron chi connectivity index (χ1n) is 12.1. The Morgan fingerprint density at radius 3 is 1.94 bits per heavy atom. The van der Waals surface area contributed by atoms with E-state index in [2.05, 4.69) is 12.1 Å². The second-order valence-electron chi connectivity index (χ2n) is 8.66.